The second-order valence-electron chi connectivity index (χ2n) is 6.65. The lowest BCUT2D eigenvalue weighted by molar-refractivity contribution is 0.202. The highest BCUT2D eigenvalue weighted by Gasteiger charge is 2.35. The van der Waals surface area contributed by atoms with Gasteiger partial charge in [0.2, 0.25) is 0 Å². The molecule has 0 saturated carbocycles. The number of aromatic nitrogens is 1. The summed E-state index contributed by atoms with van der Waals surface area (Å²) in [6, 6.07) is 5.72. The van der Waals surface area contributed by atoms with Crippen LogP contribution in [-0.4, -0.2) is 47.6 Å². The van der Waals surface area contributed by atoms with Crippen LogP contribution >= 0.6 is 0 Å². The zero-order chi connectivity index (χ0) is 14.8. The van der Waals surface area contributed by atoms with Crippen LogP contribution in [0.2, 0.25) is 0 Å². The summed E-state index contributed by atoms with van der Waals surface area (Å²) in [6.45, 7) is 8.04. The van der Waals surface area contributed by atoms with Crippen LogP contribution in [0.1, 0.15) is 38.7 Å². The van der Waals surface area contributed by atoms with E-state index in [4.69, 9.17) is 10.7 Å². The van der Waals surface area contributed by atoms with Gasteiger partial charge in [0, 0.05) is 37.4 Å². The summed E-state index contributed by atoms with van der Waals surface area (Å²) in [5, 5.41) is 0. The van der Waals surface area contributed by atoms with Gasteiger partial charge in [-0.15, -0.1) is 0 Å². The summed E-state index contributed by atoms with van der Waals surface area (Å²) in [7, 11) is 0. The number of nitrogens with zero attached hydrogens (tertiary/aromatic N) is 3. The Morgan fingerprint density at radius 2 is 2.29 bits per heavy atom. The Hall–Kier alpha value is -1.13. The van der Waals surface area contributed by atoms with E-state index >= 15 is 0 Å². The smallest absolute Gasteiger partial charge is 0.132 e. The van der Waals surface area contributed by atoms with Crippen molar-refractivity contribution in [3.63, 3.8) is 0 Å². The number of hydrogen-bond donors (Lipinski definition) is 1. The molecular formula is C17H28N4. The number of rotatable bonds is 4. The molecular weight excluding hydrogens is 260 g/mol. The molecule has 3 heterocycles. The third kappa shape index (κ3) is 3.06. The lowest BCUT2D eigenvalue weighted by atomic mass is 10.0. The predicted molar refractivity (Wildman–Crippen MR) is 87.6 cm³/mol. The van der Waals surface area contributed by atoms with Crippen molar-refractivity contribution in [1.82, 2.24) is 9.88 Å². The SMILES string of the molecule is CCC(N)Cc1cccnc1N1CC2CCCN2CC1C. The average Bonchev–Trinajstić information content (AvgIpc) is 2.94. The minimum Gasteiger partial charge on any atom is -0.351 e. The van der Waals surface area contributed by atoms with Crippen molar-refractivity contribution in [3.05, 3.63) is 23.9 Å². The largest absolute Gasteiger partial charge is 0.351 e. The average molecular weight is 288 g/mol. The number of fused-ring (bicyclic) bond motifs is 1. The molecule has 4 nitrogen and oxygen atoms in total. The monoisotopic (exact) mass is 288 g/mol. The van der Waals surface area contributed by atoms with Crippen LogP contribution in [0.3, 0.4) is 0 Å². The molecule has 1 aromatic rings. The normalized spacial score (nSPS) is 27.7. The second-order valence-corrected chi connectivity index (χ2v) is 6.65. The fraction of sp³-hybridized carbons (Fsp3) is 0.706. The Labute approximate surface area is 128 Å². The zero-order valence-corrected chi connectivity index (χ0v) is 13.3. The molecule has 2 fully saturated rings. The predicted octanol–water partition coefficient (Wildman–Crippen LogP) is 2.03. The van der Waals surface area contributed by atoms with Crippen molar-refractivity contribution in [2.24, 2.45) is 5.73 Å². The molecule has 21 heavy (non-hydrogen) atoms. The lowest BCUT2D eigenvalue weighted by Crippen LogP contribution is -2.55. The van der Waals surface area contributed by atoms with Gasteiger partial charge in [-0.25, -0.2) is 4.98 Å². The van der Waals surface area contributed by atoms with Gasteiger partial charge in [-0.3, -0.25) is 4.90 Å². The first-order chi connectivity index (χ1) is 10.2. The summed E-state index contributed by atoms with van der Waals surface area (Å²) in [4.78, 5) is 9.88. The maximum Gasteiger partial charge on any atom is 0.132 e. The van der Waals surface area contributed by atoms with Crippen molar-refractivity contribution < 1.29 is 0 Å². The van der Waals surface area contributed by atoms with Gasteiger partial charge < -0.3 is 10.6 Å². The van der Waals surface area contributed by atoms with E-state index < -0.39 is 0 Å². The summed E-state index contributed by atoms with van der Waals surface area (Å²) >= 11 is 0. The lowest BCUT2D eigenvalue weighted by Gasteiger charge is -2.43. The molecule has 3 unspecified atom stereocenters. The molecule has 0 bridgehead atoms. The van der Waals surface area contributed by atoms with Gasteiger partial charge in [-0.1, -0.05) is 13.0 Å². The van der Waals surface area contributed by atoms with Gasteiger partial charge in [0.1, 0.15) is 5.82 Å². The highest BCUT2D eigenvalue weighted by Crippen LogP contribution is 2.29. The van der Waals surface area contributed by atoms with Gasteiger partial charge in [-0.2, -0.15) is 0 Å². The van der Waals surface area contributed by atoms with Gasteiger partial charge in [0.25, 0.3) is 0 Å². The summed E-state index contributed by atoms with van der Waals surface area (Å²) in [6.07, 6.45) is 6.54. The first-order valence-electron chi connectivity index (χ1n) is 8.39. The van der Waals surface area contributed by atoms with Crippen molar-refractivity contribution in [2.75, 3.05) is 24.5 Å². The summed E-state index contributed by atoms with van der Waals surface area (Å²) < 4.78 is 0. The maximum absolute atomic E-state index is 6.17. The van der Waals surface area contributed by atoms with Crippen LogP contribution < -0.4 is 10.6 Å². The minimum atomic E-state index is 0.232. The van der Waals surface area contributed by atoms with E-state index in [2.05, 4.69) is 29.7 Å². The first kappa shape index (κ1) is 14.8. The highest BCUT2D eigenvalue weighted by atomic mass is 15.3. The van der Waals surface area contributed by atoms with Crippen LogP contribution in [0, 0.1) is 0 Å². The summed E-state index contributed by atoms with van der Waals surface area (Å²) in [5.74, 6) is 1.17. The Morgan fingerprint density at radius 3 is 3.10 bits per heavy atom. The van der Waals surface area contributed by atoms with E-state index in [-0.39, 0.29) is 6.04 Å². The second kappa shape index (κ2) is 6.32. The first-order valence-corrected chi connectivity index (χ1v) is 8.39. The zero-order valence-electron chi connectivity index (χ0n) is 13.3. The number of piperazine rings is 1. The van der Waals surface area contributed by atoms with Crippen molar-refractivity contribution in [1.29, 1.82) is 0 Å². The molecule has 2 aliphatic rings. The number of anilines is 1. The van der Waals surface area contributed by atoms with Crippen LogP contribution in [0.4, 0.5) is 5.82 Å². The van der Waals surface area contributed by atoms with Crippen LogP contribution in [-0.2, 0) is 6.42 Å². The van der Waals surface area contributed by atoms with Gasteiger partial charge in [0.15, 0.2) is 0 Å². The maximum atomic E-state index is 6.17. The third-order valence-corrected chi connectivity index (χ3v) is 5.08. The molecule has 0 aliphatic carbocycles. The van der Waals surface area contributed by atoms with E-state index in [1.807, 2.05) is 12.3 Å². The molecule has 3 atom stereocenters. The Morgan fingerprint density at radius 1 is 1.43 bits per heavy atom. The minimum absolute atomic E-state index is 0.232. The molecule has 0 aromatic carbocycles. The van der Waals surface area contributed by atoms with Gasteiger partial charge >= 0.3 is 0 Å². The molecule has 0 amide bonds. The highest BCUT2D eigenvalue weighted by molar-refractivity contribution is 5.49. The number of pyridine rings is 1. The number of nitrogens with two attached hydrogens (primary N) is 1. The number of hydrogen-bond acceptors (Lipinski definition) is 4. The van der Waals surface area contributed by atoms with E-state index in [0.717, 1.165) is 25.4 Å². The van der Waals surface area contributed by atoms with Crippen molar-refractivity contribution >= 4 is 5.82 Å². The van der Waals surface area contributed by atoms with E-state index in [1.165, 1.54) is 37.3 Å². The topological polar surface area (TPSA) is 45.4 Å². The van der Waals surface area contributed by atoms with E-state index in [1.54, 1.807) is 0 Å². The molecule has 4 heteroatoms. The molecule has 0 spiro atoms. The molecule has 2 saturated heterocycles. The Bertz CT molecular complexity index is 476. The Balaban J connectivity index is 1.82. The molecule has 116 valence electrons. The third-order valence-electron chi connectivity index (χ3n) is 5.08. The van der Waals surface area contributed by atoms with Crippen LogP contribution in [0.15, 0.2) is 18.3 Å². The molecule has 0 radical (unpaired) electrons. The van der Waals surface area contributed by atoms with Crippen molar-refractivity contribution in [3.8, 4) is 0 Å². The van der Waals surface area contributed by atoms with Gasteiger partial charge in [0.05, 0.1) is 0 Å². The van der Waals surface area contributed by atoms with E-state index in [0.29, 0.717) is 6.04 Å². The quantitative estimate of drug-likeness (QED) is 0.921. The van der Waals surface area contributed by atoms with Crippen molar-refractivity contribution in [2.45, 2.75) is 57.7 Å². The van der Waals surface area contributed by atoms with Crippen LogP contribution in [0.25, 0.3) is 0 Å². The van der Waals surface area contributed by atoms with Gasteiger partial charge in [-0.05, 0) is 50.8 Å². The fourth-order valence-electron chi connectivity index (χ4n) is 3.76. The molecule has 2 aliphatic heterocycles. The molecule has 1 aromatic heterocycles. The Kier molecular flexibility index (Phi) is 4.45. The fourth-order valence-corrected chi connectivity index (χ4v) is 3.76. The van der Waals surface area contributed by atoms with E-state index in [9.17, 15) is 0 Å². The molecule has 2 N–H and O–H groups in total. The summed E-state index contributed by atoms with van der Waals surface area (Å²) in [5.41, 5.74) is 7.48. The van der Waals surface area contributed by atoms with Crippen LogP contribution in [0.5, 0.6) is 0 Å². The molecule has 3 rings (SSSR count). The standard InChI is InChI=1S/C17H28N4/c1-3-15(18)10-14-6-4-8-19-17(14)21-12-16-7-5-9-20(16)11-13(21)2/h4,6,8,13,15-16H,3,5,7,9-12,18H2,1-2H3.